The van der Waals surface area contributed by atoms with Gasteiger partial charge in [0.15, 0.2) is 18.1 Å². The molecular formula is C20H23NO7. The lowest BCUT2D eigenvalue weighted by atomic mass is 10.2. The maximum Gasteiger partial charge on any atom is 0.346 e. The number of nitrogens with one attached hydrogen (secondary N) is 1. The topological polar surface area (TPSA) is 92.3 Å². The monoisotopic (exact) mass is 389 g/mol. The number of ether oxygens (including phenoxy) is 5. The first-order valence-electron chi connectivity index (χ1n) is 8.39. The molecule has 0 unspecified atom stereocenters. The van der Waals surface area contributed by atoms with Crippen molar-refractivity contribution in [1.29, 1.82) is 0 Å². The molecule has 0 aromatic heterocycles. The molecule has 0 spiro atoms. The Morgan fingerprint density at radius 1 is 0.821 bits per heavy atom. The second kappa shape index (κ2) is 10.1. The number of amides is 1. The maximum absolute atomic E-state index is 12.3. The Balaban J connectivity index is 1.94. The van der Waals surface area contributed by atoms with Gasteiger partial charge >= 0.3 is 5.97 Å². The molecular weight excluding hydrogens is 366 g/mol. The highest BCUT2D eigenvalue weighted by atomic mass is 16.5. The van der Waals surface area contributed by atoms with Crippen LogP contribution in [0.4, 0.5) is 0 Å². The fraction of sp³-hybridized carbons (Fsp3) is 0.300. The van der Waals surface area contributed by atoms with Crippen molar-refractivity contribution in [3.8, 4) is 23.0 Å². The average molecular weight is 389 g/mol. The number of benzene rings is 2. The Kier molecular flexibility index (Phi) is 7.50. The van der Waals surface area contributed by atoms with Crippen LogP contribution in [-0.2, 0) is 16.1 Å². The second-order valence-corrected chi connectivity index (χ2v) is 5.58. The Bertz CT molecular complexity index is 813. The van der Waals surface area contributed by atoms with E-state index in [-0.39, 0.29) is 12.1 Å². The summed E-state index contributed by atoms with van der Waals surface area (Å²) >= 11 is 0. The molecule has 2 aromatic rings. The van der Waals surface area contributed by atoms with Crippen molar-refractivity contribution >= 4 is 11.9 Å². The summed E-state index contributed by atoms with van der Waals surface area (Å²) < 4.78 is 25.8. The Morgan fingerprint density at radius 3 is 2.00 bits per heavy atom. The summed E-state index contributed by atoms with van der Waals surface area (Å²) in [5, 5.41) is 2.68. The summed E-state index contributed by atoms with van der Waals surface area (Å²) in [7, 11) is 5.94. The predicted octanol–water partition coefficient (Wildman–Crippen LogP) is 2.19. The van der Waals surface area contributed by atoms with E-state index in [0.717, 1.165) is 5.56 Å². The standard InChI is InChI=1S/C20H23NO7/c1-24-14-9-8-13(10-17(14)27-4)11-21-18(22)12-28-20(23)19-15(25-2)6-5-7-16(19)26-3/h5-10H,11-12H2,1-4H3,(H,21,22). The van der Waals surface area contributed by atoms with Crippen molar-refractivity contribution in [2.45, 2.75) is 6.54 Å². The van der Waals surface area contributed by atoms with Crippen LogP contribution >= 0.6 is 0 Å². The third-order valence-electron chi connectivity index (χ3n) is 3.90. The summed E-state index contributed by atoms with van der Waals surface area (Å²) in [5.41, 5.74) is 0.934. The molecule has 0 fully saturated rings. The first kappa shape index (κ1) is 20.9. The van der Waals surface area contributed by atoms with Gasteiger partial charge in [0.2, 0.25) is 0 Å². The second-order valence-electron chi connectivity index (χ2n) is 5.58. The smallest absolute Gasteiger partial charge is 0.346 e. The van der Waals surface area contributed by atoms with Gasteiger partial charge in [-0.3, -0.25) is 4.79 Å². The number of hydrogen-bond acceptors (Lipinski definition) is 7. The van der Waals surface area contributed by atoms with Crippen LogP contribution < -0.4 is 24.3 Å². The van der Waals surface area contributed by atoms with E-state index in [1.54, 1.807) is 43.5 Å². The van der Waals surface area contributed by atoms with Gasteiger partial charge in [0.05, 0.1) is 28.4 Å². The first-order valence-corrected chi connectivity index (χ1v) is 8.39. The van der Waals surface area contributed by atoms with Crippen LogP contribution in [0.25, 0.3) is 0 Å². The first-order chi connectivity index (χ1) is 13.5. The Morgan fingerprint density at radius 2 is 1.43 bits per heavy atom. The van der Waals surface area contributed by atoms with E-state index in [1.165, 1.54) is 21.3 Å². The molecule has 0 saturated carbocycles. The van der Waals surface area contributed by atoms with Crippen LogP contribution in [0.3, 0.4) is 0 Å². The number of hydrogen-bond donors (Lipinski definition) is 1. The fourth-order valence-electron chi connectivity index (χ4n) is 2.50. The molecule has 28 heavy (non-hydrogen) atoms. The number of esters is 1. The fourth-order valence-corrected chi connectivity index (χ4v) is 2.50. The highest BCUT2D eigenvalue weighted by Gasteiger charge is 2.20. The molecule has 0 heterocycles. The van der Waals surface area contributed by atoms with Gasteiger partial charge < -0.3 is 29.0 Å². The van der Waals surface area contributed by atoms with E-state index in [9.17, 15) is 9.59 Å². The zero-order valence-electron chi connectivity index (χ0n) is 16.2. The van der Waals surface area contributed by atoms with E-state index in [2.05, 4.69) is 5.32 Å². The number of carbonyl (C=O) groups is 2. The highest BCUT2D eigenvalue weighted by molar-refractivity contribution is 5.96. The molecule has 8 nitrogen and oxygen atoms in total. The summed E-state index contributed by atoms with van der Waals surface area (Å²) in [6, 6.07) is 10.2. The number of methoxy groups -OCH3 is 4. The molecule has 1 N–H and O–H groups in total. The van der Waals surface area contributed by atoms with Crippen molar-refractivity contribution in [3.05, 3.63) is 47.5 Å². The summed E-state index contributed by atoms with van der Waals surface area (Å²) in [4.78, 5) is 24.4. The van der Waals surface area contributed by atoms with Gasteiger partial charge in [0.25, 0.3) is 5.91 Å². The predicted molar refractivity (Wildman–Crippen MR) is 101 cm³/mol. The molecule has 0 saturated heterocycles. The van der Waals surface area contributed by atoms with Crippen LogP contribution in [0, 0.1) is 0 Å². The van der Waals surface area contributed by atoms with E-state index >= 15 is 0 Å². The number of rotatable bonds is 9. The lowest BCUT2D eigenvalue weighted by Gasteiger charge is -2.13. The lowest BCUT2D eigenvalue weighted by Crippen LogP contribution is -2.28. The minimum absolute atomic E-state index is 0.125. The van der Waals surface area contributed by atoms with Crippen molar-refractivity contribution in [2.75, 3.05) is 35.0 Å². The van der Waals surface area contributed by atoms with Crippen molar-refractivity contribution in [3.63, 3.8) is 0 Å². The minimum Gasteiger partial charge on any atom is -0.496 e. The normalized spacial score (nSPS) is 10.0. The molecule has 0 radical (unpaired) electrons. The van der Waals surface area contributed by atoms with Crippen LogP contribution in [0.1, 0.15) is 15.9 Å². The molecule has 0 aliphatic rings. The average Bonchev–Trinajstić information content (AvgIpc) is 2.74. The minimum atomic E-state index is -0.712. The summed E-state index contributed by atoms with van der Waals surface area (Å²) in [5.74, 6) is 0.596. The highest BCUT2D eigenvalue weighted by Crippen LogP contribution is 2.29. The van der Waals surface area contributed by atoms with Gasteiger partial charge in [-0.1, -0.05) is 12.1 Å². The summed E-state index contributed by atoms with van der Waals surface area (Å²) in [6.45, 7) is -0.192. The third-order valence-corrected chi connectivity index (χ3v) is 3.90. The molecule has 150 valence electrons. The maximum atomic E-state index is 12.3. The van der Waals surface area contributed by atoms with Crippen LogP contribution in [0.2, 0.25) is 0 Å². The number of carbonyl (C=O) groups excluding carboxylic acids is 2. The molecule has 0 aliphatic carbocycles. The summed E-state index contributed by atoms with van der Waals surface area (Å²) in [6.07, 6.45) is 0. The Labute approximate surface area is 163 Å². The zero-order valence-corrected chi connectivity index (χ0v) is 16.2. The molecule has 1 amide bonds. The Hall–Kier alpha value is -3.42. The third kappa shape index (κ3) is 5.06. The molecule has 8 heteroatoms. The van der Waals surface area contributed by atoms with Crippen molar-refractivity contribution in [1.82, 2.24) is 5.32 Å². The quantitative estimate of drug-likeness (QED) is 0.657. The van der Waals surface area contributed by atoms with E-state index < -0.39 is 18.5 Å². The van der Waals surface area contributed by atoms with E-state index in [0.29, 0.717) is 23.0 Å². The van der Waals surface area contributed by atoms with E-state index in [1.807, 2.05) is 0 Å². The van der Waals surface area contributed by atoms with Gasteiger partial charge in [-0.2, -0.15) is 0 Å². The van der Waals surface area contributed by atoms with Gasteiger partial charge in [-0.05, 0) is 29.8 Å². The van der Waals surface area contributed by atoms with Gasteiger partial charge in [0, 0.05) is 6.54 Å². The van der Waals surface area contributed by atoms with Crippen molar-refractivity contribution < 1.29 is 33.3 Å². The molecule has 0 aliphatic heterocycles. The van der Waals surface area contributed by atoms with Gasteiger partial charge in [-0.25, -0.2) is 4.79 Å². The SMILES string of the molecule is COc1ccc(CNC(=O)COC(=O)c2c(OC)cccc2OC)cc1OC. The van der Waals surface area contributed by atoms with Crippen LogP contribution in [0.5, 0.6) is 23.0 Å². The van der Waals surface area contributed by atoms with E-state index in [4.69, 9.17) is 23.7 Å². The lowest BCUT2D eigenvalue weighted by molar-refractivity contribution is -0.124. The zero-order chi connectivity index (χ0) is 20.5. The molecule has 0 bridgehead atoms. The molecule has 0 atom stereocenters. The van der Waals surface area contributed by atoms with Crippen LogP contribution in [0.15, 0.2) is 36.4 Å². The molecule has 2 aromatic carbocycles. The van der Waals surface area contributed by atoms with Crippen molar-refractivity contribution in [2.24, 2.45) is 0 Å². The van der Waals surface area contributed by atoms with Gasteiger partial charge in [-0.15, -0.1) is 0 Å². The van der Waals surface area contributed by atoms with Gasteiger partial charge in [0.1, 0.15) is 17.1 Å². The largest absolute Gasteiger partial charge is 0.496 e. The molecule has 2 rings (SSSR count). The van der Waals surface area contributed by atoms with Crippen LogP contribution in [-0.4, -0.2) is 46.9 Å².